The van der Waals surface area contributed by atoms with Gasteiger partial charge in [-0.25, -0.2) is 0 Å². The zero-order valence-corrected chi connectivity index (χ0v) is 13.6. The lowest BCUT2D eigenvalue weighted by Crippen LogP contribution is -2.42. The van der Waals surface area contributed by atoms with Crippen LogP contribution in [-0.2, 0) is 5.41 Å². The molecule has 1 aliphatic heterocycles. The van der Waals surface area contributed by atoms with E-state index in [9.17, 15) is 5.26 Å². The lowest BCUT2D eigenvalue weighted by molar-refractivity contribution is 0.416. The van der Waals surface area contributed by atoms with Gasteiger partial charge in [0, 0.05) is 13.1 Å². The fourth-order valence-corrected chi connectivity index (χ4v) is 3.52. The Kier molecular flexibility index (Phi) is 3.42. The summed E-state index contributed by atoms with van der Waals surface area (Å²) in [6.07, 6.45) is 3.23. The van der Waals surface area contributed by atoms with Crippen LogP contribution in [0.5, 0.6) is 0 Å². The molecule has 0 aliphatic carbocycles. The molecule has 3 heterocycles. The lowest BCUT2D eigenvalue weighted by atomic mass is 9.74. The quantitative estimate of drug-likeness (QED) is 0.726. The van der Waals surface area contributed by atoms with Gasteiger partial charge in [0.1, 0.15) is 6.33 Å². The third-order valence-corrected chi connectivity index (χ3v) is 4.87. The second kappa shape index (κ2) is 5.60. The molecule has 1 aliphatic rings. The molecule has 24 heavy (non-hydrogen) atoms. The van der Waals surface area contributed by atoms with Crippen LogP contribution in [0.2, 0.25) is 0 Å². The molecule has 1 aromatic carbocycles. The Balaban J connectivity index is 1.64. The summed E-state index contributed by atoms with van der Waals surface area (Å²) in [6, 6.07) is 14.8. The summed E-state index contributed by atoms with van der Waals surface area (Å²) < 4.78 is 1.72. The van der Waals surface area contributed by atoms with Gasteiger partial charge in [-0.05, 0) is 31.4 Å². The Hall–Kier alpha value is -2.94. The summed E-state index contributed by atoms with van der Waals surface area (Å²) in [5.41, 5.74) is 3.46. The van der Waals surface area contributed by atoms with Gasteiger partial charge in [0.25, 0.3) is 0 Å². The number of benzene rings is 1. The highest BCUT2D eigenvalue weighted by molar-refractivity contribution is 5.68. The molecule has 4 rings (SSSR count). The highest BCUT2D eigenvalue weighted by atomic mass is 15.4. The van der Waals surface area contributed by atoms with Crippen LogP contribution in [0.1, 0.15) is 24.1 Å². The van der Waals surface area contributed by atoms with Crippen LogP contribution in [0.15, 0.2) is 42.7 Å². The minimum absolute atomic E-state index is 0.399. The van der Waals surface area contributed by atoms with Crippen molar-refractivity contribution in [2.24, 2.45) is 0 Å². The van der Waals surface area contributed by atoms with Gasteiger partial charge >= 0.3 is 0 Å². The van der Waals surface area contributed by atoms with Gasteiger partial charge in [0.05, 0.1) is 22.9 Å². The van der Waals surface area contributed by atoms with Gasteiger partial charge in [-0.3, -0.25) is 0 Å². The first-order chi connectivity index (χ1) is 11.7. The van der Waals surface area contributed by atoms with Crippen LogP contribution in [0.25, 0.3) is 5.65 Å². The molecule has 0 N–H and O–H groups in total. The van der Waals surface area contributed by atoms with Crippen molar-refractivity contribution in [2.75, 3.05) is 18.0 Å². The number of aromatic nitrogens is 4. The molecule has 6 heteroatoms. The third-order valence-electron chi connectivity index (χ3n) is 4.87. The topological polar surface area (TPSA) is 70.1 Å². The molecular weight excluding hydrogens is 300 g/mol. The van der Waals surface area contributed by atoms with E-state index in [1.54, 1.807) is 10.8 Å². The van der Waals surface area contributed by atoms with E-state index in [0.717, 1.165) is 48.5 Å². The van der Waals surface area contributed by atoms with Gasteiger partial charge in [-0.2, -0.15) is 14.9 Å². The number of anilines is 1. The highest BCUT2D eigenvalue weighted by Gasteiger charge is 2.37. The number of nitriles is 1. The maximum Gasteiger partial charge on any atom is 0.200 e. The van der Waals surface area contributed by atoms with E-state index in [4.69, 9.17) is 0 Å². The number of hydrogen-bond donors (Lipinski definition) is 0. The summed E-state index contributed by atoms with van der Waals surface area (Å²) in [5.74, 6) is 0. The average molecular weight is 318 g/mol. The van der Waals surface area contributed by atoms with Gasteiger partial charge in [-0.15, -0.1) is 10.2 Å². The minimum Gasteiger partial charge on any atom is -0.368 e. The Morgan fingerprint density at radius 1 is 1.17 bits per heavy atom. The zero-order valence-electron chi connectivity index (χ0n) is 13.6. The van der Waals surface area contributed by atoms with E-state index in [1.165, 1.54) is 0 Å². The third kappa shape index (κ3) is 2.29. The van der Waals surface area contributed by atoms with E-state index in [-0.39, 0.29) is 0 Å². The average Bonchev–Trinajstić information content (AvgIpc) is 3.10. The van der Waals surface area contributed by atoms with E-state index < -0.39 is 5.41 Å². The molecule has 0 saturated carbocycles. The number of fused-ring (bicyclic) bond motifs is 1. The van der Waals surface area contributed by atoms with Crippen LogP contribution in [0.4, 0.5) is 5.69 Å². The molecule has 6 nitrogen and oxygen atoms in total. The molecule has 0 bridgehead atoms. The molecule has 1 saturated heterocycles. The summed E-state index contributed by atoms with van der Waals surface area (Å²) >= 11 is 0. The molecule has 0 amide bonds. The van der Waals surface area contributed by atoms with Gasteiger partial charge in [0.15, 0.2) is 0 Å². The molecule has 2 aromatic heterocycles. The largest absolute Gasteiger partial charge is 0.368 e. The predicted octanol–water partition coefficient (Wildman–Crippen LogP) is 2.49. The standard InChI is InChI=1S/C18H18N6/c1-14-11-16(17-21-20-13-24(17)22-14)23-9-7-18(12-19,8-10-23)15-5-3-2-4-6-15/h2-6,11,13H,7-10H2,1H3. The lowest BCUT2D eigenvalue weighted by Gasteiger charge is -2.38. The smallest absolute Gasteiger partial charge is 0.200 e. The van der Waals surface area contributed by atoms with Crippen LogP contribution >= 0.6 is 0 Å². The van der Waals surface area contributed by atoms with E-state index >= 15 is 0 Å². The fraction of sp³-hybridized carbons (Fsp3) is 0.333. The van der Waals surface area contributed by atoms with Crippen LogP contribution in [0.3, 0.4) is 0 Å². The second-order valence-electron chi connectivity index (χ2n) is 6.32. The first-order valence-corrected chi connectivity index (χ1v) is 8.11. The van der Waals surface area contributed by atoms with Crippen LogP contribution in [-0.4, -0.2) is 32.9 Å². The SMILES string of the molecule is Cc1cc(N2CCC(C#N)(c3ccccc3)CC2)c2nncn2n1. The number of nitrogens with zero attached hydrogens (tertiary/aromatic N) is 6. The van der Waals surface area contributed by atoms with Crippen molar-refractivity contribution >= 4 is 11.3 Å². The monoisotopic (exact) mass is 318 g/mol. The number of rotatable bonds is 2. The first-order valence-electron chi connectivity index (χ1n) is 8.11. The normalized spacial score (nSPS) is 16.9. The molecule has 0 spiro atoms. The predicted molar refractivity (Wildman–Crippen MR) is 90.7 cm³/mol. The Labute approximate surface area is 140 Å². The van der Waals surface area contributed by atoms with Gasteiger partial charge in [-0.1, -0.05) is 30.3 Å². The molecule has 3 aromatic rings. The van der Waals surface area contributed by atoms with Crippen molar-refractivity contribution < 1.29 is 0 Å². The minimum atomic E-state index is -0.399. The van der Waals surface area contributed by atoms with E-state index in [2.05, 4.69) is 38.4 Å². The molecule has 0 atom stereocenters. The van der Waals surface area contributed by atoms with Crippen molar-refractivity contribution in [3.05, 3.63) is 54.0 Å². The Morgan fingerprint density at radius 2 is 1.92 bits per heavy atom. The summed E-state index contributed by atoms with van der Waals surface area (Å²) in [7, 11) is 0. The van der Waals surface area contributed by atoms with E-state index in [0.29, 0.717) is 0 Å². The van der Waals surface area contributed by atoms with Crippen LogP contribution < -0.4 is 4.90 Å². The maximum absolute atomic E-state index is 9.83. The van der Waals surface area contributed by atoms with Gasteiger partial charge < -0.3 is 4.90 Å². The summed E-state index contributed by atoms with van der Waals surface area (Å²) in [5, 5.41) is 22.4. The second-order valence-corrected chi connectivity index (χ2v) is 6.32. The van der Waals surface area contributed by atoms with Gasteiger partial charge in [0.2, 0.25) is 5.65 Å². The Bertz CT molecular complexity index is 900. The number of aryl methyl sites for hydroxylation is 1. The van der Waals surface area contributed by atoms with Crippen molar-refractivity contribution in [1.29, 1.82) is 5.26 Å². The Morgan fingerprint density at radius 3 is 2.62 bits per heavy atom. The first kappa shape index (κ1) is 14.6. The molecule has 0 radical (unpaired) electrons. The fourth-order valence-electron chi connectivity index (χ4n) is 3.52. The van der Waals surface area contributed by atoms with E-state index in [1.807, 2.05) is 31.2 Å². The van der Waals surface area contributed by atoms with Crippen molar-refractivity contribution in [3.8, 4) is 6.07 Å². The van der Waals surface area contributed by atoms with Crippen molar-refractivity contribution in [1.82, 2.24) is 19.8 Å². The van der Waals surface area contributed by atoms with Crippen molar-refractivity contribution in [3.63, 3.8) is 0 Å². The number of hydrogen-bond acceptors (Lipinski definition) is 5. The highest BCUT2D eigenvalue weighted by Crippen LogP contribution is 2.37. The molecular formula is C18H18N6. The zero-order chi connectivity index (χ0) is 16.6. The molecule has 120 valence electrons. The number of piperidine rings is 1. The van der Waals surface area contributed by atoms with Crippen LogP contribution in [0, 0.1) is 18.3 Å². The summed E-state index contributed by atoms with van der Waals surface area (Å²) in [4.78, 5) is 2.29. The summed E-state index contributed by atoms with van der Waals surface area (Å²) in [6.45, 7) is 3.60. The maximum atomic E-state index is 9.83. The molecule has 0 unspecified atom stereocenters. The molecule has 1 fully saturated rings. The van der Waals surface area contributed by atoms with Crippen molar-refractivity contribution in [2.45, 2.75) is 25.2 Å².